The van der Waals surface area contributed by atoms with E-state index in [0.29, 0.717) is 17.9 Å². The molecule has 0 bridgehead atoms. The van der Waals surface area contributed by atoms with Gasteiger partial charge in [-0.25, -0.2) is 4.98 Å². The zero-order valence-corrected chi connectivity index (χ0v) is 13.5. The second-order valence-electron chi connectivity index (χ2n) is 5.07. The molecule has 25 heavy (non-hydrogen) atoms. The molecule has 2 aromatic heterocycles. The van der Waals surface area contributed by atoms with Crippen LogP contribution in [-0.2, 0) is 0 Å². The summed E-state index contributed by atoms with van der Waals surface area (Å²) in [4.78, 5) is 32.6. The van der Waals surface area contributed by atoms with E-state index in [2.05, 4.69) is 15.3 Å². The van der Waals surface area contributed by atoms with Crippen LogP contribution in [0, 0.1) is 0 Å². The van der Waals surface area contributed by atoms with Crippen LogP contribution in [0.25, 0.3) is 5.69 Å². The van der Waals surface area contributed by atoms with Gasteiger partial charge >= 0.3 is 0 Å². The summed E-state index contributed by atoms with van der Waals surface area (Å²) in [6.45, 7) is 2.47. The highest BCUT2D eigenvalue weighted by Crippen LogP contribution is 2.14. The lowest BCUT2D eigenvalue weighted by molar-refractivity contribution is 0.102. The maximum absolute atomic E-state index is 12.6. The number of aromatic nitrogens is 3. The van der Waals surface area contributed by atoms with Crippen molar-refractivity contribution >= 4 is 11.7 Å². The van der Waals surface area contributed by atoms with Crippen molar-refractivity contribution in [2.24, 2.45) is 0 Å². The predicted octanol–water partition coefficient (Wildman–Crippen LogP) is 2.28. The molecule has 0 atom stereocenters. The first kappa shape index (κ1) is 16.4. The normalized spacial score (nSPS) is 10.3. The zero-order valence-electron chi connectivity index (χ0n) is 13.5. The van der Waals surface area contributed by atoms with Crippen molar-refractivity contribution in [3.63, 3.8) is 0 Å². The molecule has 0 saturated heterocycles. The van der Waals surface area contributed by atoms with Crippen molar-refractivity contribution in [1.29, 1.82) is 0 Å². The molecule has 7 heteroatoms. The first-order valence-electron chi connectivity index (χ1n) is 7.71. The minimum absolute atomic E-state index is 0.0433. The number of nitrogens with zero attached hydrogens (tertiary/aromatic N) is 3. The molecule has 7 nitrogen and oxygen atoms in total. The number of amides is 1. The second-order valence-corrected chi connectivity index (χ2v) is 5.07. The van der Waals surface area contributed by atoms with Crippen molar-refractivity contribution < 1.29 is 9.53 Å². The number of carbonyl (C=O) groups is 1. The highest BCUT2D eigenvalue weighted by Gasteiger charge is 2.11. The molecule has 1 amide bonds. The summed E-state index contributed by atoms with van der Waals surface area (Å²) >= 11 is 0. The van der Waals surface area contributed by atoms with Crippen LogP contribution in [0.5, 0.6) is 5.75 Å². The van der Waals surface area contributed by atoms with E-state index in [1.54, 1.807) is 42.6 Å². The molecule has 2 heterocycles. The lowest BCUT2D eigenvalue weighted by Crippen LogP contribution is -2.26. The molecular formula is C18H16N4O3. The molecule has 0 aliphatic rings. The van der Waals surface area contributed by atoms with Crippen LogP contribution in [0.2, 0.25) is 0 Å². The molecule has 1 aromatic carbocycles. The molecule has 0 aliphatic carbocycles. The fourth-order valence-electron chi connectivity index (χ4n) is 2.25. The number of hydrogen-bond acceptors (Lipinski definition) is 5. The number of benzene rings is 1. The Morgan fingerprint density at radius 1 is 1.12 bits per heavy atom. The molecule has 0 fully saturated rings. The van der Waals surface area contributed by atoms with E-state index >= 15 is 0 Å². The molecule has 0 saturated carbocycles. The van der Waals surface area contributed by atoms with Crippen molar-refractivity contribution in [3.8, 4) is 11.4 Å². The third kappa shape index (κ3) is 3.72. The van der Waals surface area contributed by atoms with Gasteiger partial charge < -0.3 is 10.1 Å². The highest BCUT2D eigenvalue weighted by molar-refractivity contribution is 6.03. The molecule has 3 rings (SSSR count). The van der Waals surface area contributed by atoms with Crippen molar-refractivity contribution in [1.82, 2.24) is 14.5 Å². The summed E-state index contributed by atoms with van der Waals surface area (Å²) in [5.74, 6) is 0.259. The Kier molecular flexibility index (Phi) is 4.84. The smallest absolute Gasteiger partial charge is 0.298 e. The molecule has 1 N–H and O–H groups in total. The quantitative estimate of drug-likeness (QED) is 0.772. The molecular weight excluding hydrogens is 320 g/mol. The Morgan fingerprint density at radius 3 is 2.52 bits per heavy atom. The van der Waals surface area contributed by atoms with E-state index in [9.17, 15) is 9.59 Å². The number of rotatable bonds is 5. The highest BCUT2D eigenvalue weighted by atomic mass is 16.5. The average Bonchev–Trinajstić information content (AvgIpc) is 2.65. The lowest BCUT2D eigenvalue weighted by atomic mass is 10.2. The van der Waals surface area contributed by atoms with Crippen LogP contribution in [0.4, 0.5) is 5.82 Å². The van der Waals surface area contributed by atoms with Crippen molar-refractivity contribution in [2.75, 3.05) is 11.9 Å². The summed E-state index contributed by atoms with van der Waals surface area (Å²) in [6, 6.07) is 10.2. The van der Waals surface area contributed by atoms with Gasteiger partial charge in [-0.1, -0.05) is 0 Å². The minimum Gasteiger partial charge on any atom is -0.494 e. The summed E-state index contributed by atoms with van der Waals surface area (Å²) in [5.41, 5.74) is 0.622. The third-order valence-electron chi connectivity index (χ3n) is 3.44. The van der Waals surface area contributed by atoms with Gasteiger partial charge in [-0.2, -0.15) is 0 Å². The van der Waals surface area contributed by atoms with E-state index in [1.165, 1.54) is 23.2 Å². The Hall–Kier alpha value is -3.48. The Morgan fingerprint density at radius 2 is 1.84 bits per heavy atom. The number of hydrogen-bond donors (Lipinski definition) is 1. The van der Waals surface area contributed by atoms with Gasteiger partial charge in [-0.3, -0.25) is 19.1 Å². The Bertz CT molecular complexity index is 921. The van der Waals surface area contributed by atoms with Crippen LogP contribution >= 0.6 is 0 Å². The van der Waals surface area contributed by atoms with Gasteiger partial charge in [0.15, 0.2) is 5.82 Å². The summed E-state index contributed by atoms with van der Waals surface area (Å²) in [7, 11) is 0. The van der Waals surface area contributed by atoms with Crippen LogP contribution < -0.4 is 15.6 Å². The summed E-state index contributed by atoms with van der Waals surface area (Å²) in [6.07, 6.45) is 6.01. The lowest BCUT2D eigenvalue weighted by Gasteiger charge is -2.09. The van der Waals surface area contributed by atoms with Crippen molar-refractivity contribution in [3.05, 3.63) is 77.1 Å². The van der Waals surface area contributed by atoms with Gasteiger partial charge in [-0.15, -0.1) is 0 Å². The average molecular weight is 336 g/mol. The molecule has 0 spiro atoms. The second kappa shape index (κ2) is 7.39. The van der Waals surface area contributed by atoms with Gasteiger partial charge in [0.2, 0.25) is 0 Å². The first-order valence-corrected chi connectivity index (χ1v) is 7.71. The number of carbonyl (C=O) groups excluding carboxylic acids is 1. The Labute approximate surface area is 143 Å². The van der Waals surface area contributed by atoms with Gasteiger partial charge in [0, 0.05) is 36.0 Å². The van der Waals surface area contributed by atoms with E-state index in [0.717, 1.165) is 5.75 Å². The van der Waals surface area contributed by atoms with Crippen molar-refractivity contribution in [2.45, 2.75) is 6.92 Å². The molecule has 126 valence electrons. The SMILES string of the molecule is CCOc1ccc(-n2ccnc(NC(=O)c3ccncc3)c2=O)cc1. The van der Waals surface area contributed by atoms with Gasteiger partial charge in [0.05, 0.1) is 6.61 Å². The largest absolute Gasteiger partial charge is 0.494 e. The maximum atomic E-state index is 12.6. The number of nitrogens with one attached hydrogen (secondary N) is 1. The van der Waals surface area contributed by atoms with Crippen LogP contribution in [0.1, 0.15) is 17.3 Å². The monoisotopic (exact) mass is 336 g/mol. The predicted molar refractivity (Wildman–Crippen MR) is 93.2 cm³/mol. The molecule has 0 unspecified atom stereocenters. The van der Waals surface area contributed by atoms with Crippen LogP contribution in [0.3, 0.4) is 0 Å². The maximum Gasteiger partial charge on any atom is 0.298 e. The van der Waals surface area contributed by atoms with Gasteiger partial charge in [0.1, 0.15) is 5.75 Å². The standard InChI is InChI=1S/C18H16N4O3/c1-2-25-15-5-3-14(4-6-15)22-12-11-20-16(18(22)24)21-17(23)13-7-9-19-10-8-13/h3-12H,2H2,1H3,(H,20,21,23). The fourth-order valence-corrected chi connectivity index (χ4v) is 2.25. The van der Waals surface area contributed by atoms with Crippen LogP contribution in [0.15, 0.2) is 66.0 Å². The first-order chi connectivity index (χ1) is 12.2. The minimum atomic E-state index is -0.422. The number of anilines is 1. The Balaban J connectivity index is 1.87. The van der Waals surface area contributed by atoms with Gasteiger partial charge in [-0.05, 0) is 43.3 Å². The zero-order chi connectivity index (χ0) is 17.6. The summed E-state index contributed by atoms with van der Waals surface area (Å²) in [5, 5.41) is 2.53. The fraction of sp³-hybridized carbons (Fsp3) is 0.111. The van der Waals surface area contributed by atoms with E-state index in [-0.39, 0.29) is 5.82 Å². The number of pyridine rings is 1. The van der Waals surface area contributed by atoms with Gasteiger partial charge in [0.25, 0.3) is 11.5 Å². The van der Waals surface area contributed by atoms with E-state index in [4.69, 9.17) is 4.74 Å². The van der Waals surface area contributed by atoms with Crippen LogP contribution in [-0.4, -0.2) is 27.0 Å². The third-order valence-corrected chi connectivity index (χ3v) is 3.44. The molecule has 0 aliphatic heterocycles. The molecule has 3 aromatic rings. The number of ether oxygens (including phenoxy) is 1. The van der Waals surface area contributed by atoms with E-state index in [1.807, 2.05) is 6.92 Å². The molecule has 0 radical (unpaired) electrons. The summed E-state index contributed by atoms with van der Waals surface area (Å²) < 4.78 is 6.80. The van der Waals surface area contributed by atoms with E-state index < -0.39 is 11.5 Å². The topological polar surface area (TPSA) is 86.1 Å².